The number of imide groups is 2. The molecule has 4 amide bonds. The third-order valence-corrected chi connectivity index (χ3v) is 4.77. The highest BCUT2D eigenvalue weighted by atomic mass is 16.4. The molecule has 0 unspecified atom stereocenters. The molecular weight excluding hydrogens is 362 g/mol. The van der Waals surface area contributed by atoms with E-state index >= 15 is 0 Å². The van der Waals surface area contributed by atoms with E-state index in [1.54, 1.807) is 24.3 Å². The predicted octanol–water partition coefficient (Wildman–Crippen LogP) is 2.23. The summed E-state index contributed by atoms with van der Waals surface area (Å²) in [7, 11) is 2.64. The van der Waals surface area contributed by atoms with Gasteiger partial charge in [-0.1, -0.05) is 6.07 Å². The zero-order valence-corrected chi connectivity index (χ0v) is 15.9. The van der Waals surface area contributed by atoms with Gasteiger partial charge < -0.3 is 9.67 Å². The lowest BCUT2D eigenvalue weighted by Gasteiger charge is -2.28. The van der Waals surface area contributed by atoms with Crippen molar-refractivity contribution < 1.29 is 24.3 Å². The van der Waals surface area contributed by atoms with E-state index in [-0.39, 0.29) is 11.1 Å². The van der Waals surface area contributed by atoms with Crippen LogP contribution in [-0.2, 0) is 9.59 Å². The highest BCUT2D eigenvalue weighted by molar-refractivity contribution is 6.30. The number of amides is 4. The molecule has 3 rings (SSSR count). The maximum Gasteiger partial charge on any atom is 0.335 e. The van der Waals surface area contributed by atoms with Crippen LogP contribution in [0.25, 0.3) is 11.8 Å². The van der Waals surface area contributed by atoms with Gasteiger partial charge in [-0.3, -0.25) is 19.4 Å². The van der Waals surface area contributed by atoms with Gasteiger partial charge in [-0.2, -0.15) is 0 Å². The van der Waals surface area contributed by atoms with Crippen LogP contribution in [0, 0.1) is 13.8 Å². The zero-order chi connectivity index (χ0) is 20.7. The van der Waals surface area contributed by atoms with Gasteiger partial charge in [0.15, 0.2) is 0 Å². The minimum Gasteiger partial charge on any atom is -0.478 e. The van der Waals surface area contributed by atoms with E-state index < -0.39 is 23.8 Å². The van der Waals surface area contributed by atoms with Gasteiger partial charge >= 0.3 is 12.0 Å². The quantitative estimate of drug-likeness (QED) is 0.649. The Hall–Kier alpha value is -3.68. The van der Waals surface area contributed by atoms with Gasteiger partial charge in [0.05, 0.1) is 5.56 Å². The maximum atomic E-state index is 12.4. The van der Waals surface area contributed by atoms with Crippen LogP contribution in [0.4, 0.5) is 4.79 Å². The van der Waals surface area contributed by atoms with Crippen LogP contribution in [0.5, 0.6) is 0 Å². The predicted molar refractivity (Wildman–Crippen MR) is 101 cm³/mol. The fourth-order valence-corrected chi connectivity index (χ4v) is 3.24. The number of likely N-dealkylation sites (N-methyl/N-ethyl adjacent to an activating group) is 2. The van der Waals surface area contributed by atoms with Crippen molar-refractivity contribution in [2.24, 2.45) is 0 Å². The number of rotatable bonds is 3. The van der Waals surface area contributed by atoms with Crippen molar-refractivity contribution >= 4 is 29.9 Å². The Kier molecular flexibility index (Phi) is 4.64. The van der Waals surface area contributed by atoms with E-state index in [0.29, 0.717) is 11.3 Å². The van der Waals surface area contributed by atoms with Crippen molar-refractivity contribution in [2.75, 3.05) is 14.1 Å². The number of carbonyl (C=O) groups excluding carboxylic acids is 3. The molecule has 0 radical (unpaired) electrons. The van der Waals surface area contributed by atoms with Crippen LogP contribution in [0.1, 0.15) is 27.3 Å². The molecule has 144 valence electrons. The maximum absolute atomic E-state index is 12.4. The highest BCUT2D eigenvalue weighted by Gasteiger charge is 2.38. The van der Waals surface area contributed by atoms with Gasteiger partial charge in [0.25, 0.3) is 11.8 Å². The smallest absolute Gasteiger partial charge is 0.335 e. The minimum atomic E-state index is -1.03. The Morgan fingerprint density at radius 2 is 1.61 bits per heavy atom. The molecular formula is C20H19N3O5. The number of hydrogen-bond donors (Lipinski definition) is 1. The van der Waals surface area contributed by atoms with Crippen LogP contribution >= 0.6 is 0 Å². The second-order valence-corrected chi connectivity index (χ2v) is 6.59. The van der Waals surface area contributed by atoms with Crippen molar-refractivity contribution in [3.05, 3.63) is 58.4 Å². The number of benzene rings is 1. The highest BCUT2D eigenvalue weighted by Crippen LogP contribution is 2.25. The SMILES string of the molecule is Cc1cc(C=C2C(=O)N(C)C(=O)N(C)C2=O)c(C)n1-c1cccc(C(=O)O)c1. The first-order chi connectivity index (χ1) is 13.1. The number of carboxylic acids is 1. The standard InChI is InChI=1S/C20H19N3O5/c1-11-8-14(10-16-17(24)21(3)20(28)22(4)18(16)25)12(2)23(11)15-7-5-6-13(9-15)19(26)27/h5-10H,1-4H3,(H,26,27). The van der Waals surface area contributed by atoms with Crippen LogP contribution in [0.2, 0.25) is 0 Å². The fourth-order valence-electron chi connectivity index (χ4n) is 3.24. The van der Waals surface area contributed by atoms with Crippen molar-refractivity contribution in [3.8, 4) is 5.69 Å². The summed E-state index contributed by atoms with van der Waals surface area (Å²) in [6.07, 6.45) is 1.46. The van der Waals surface area contributed by atoms with E-state index in [9.17, 15) is 24.3 Å². The molecule has 2 aromatic rings. The first-order valence-electron chi connectivity index (χ1n) is 8.48. The van der Waals surface area contributed by atoms with Gasteiger partial charge in [-0.15, -0.1) is 0 Å². The zero-order valence-electron chi connectivity index (χ0n) is 15.9. The number of nitrogens with zero attached hydrogens (tertiary/aromatic N) is 3. The molecule has 1 fully saturated rings. The van der Waals surface area contributed by atoms with Gasteiger partial charge in [-0.25, -0.2) is 9.59 Å². The van der Waals surface area contributed by atoms with Crippen molar-refractivity contribution in [1.82, 2.24) is 14.4 Å². The Morgan fingerprint density at radius 3 is 2.18 bits per heavy atom. The van der Waals surface area contributed by atoms with Gasteiger partial charge in [0.2, 0.25) is 0 Å². The third kappa shape index (κ3) is 2.98. The molecule has 0 saturated carbocycles. The van der Waals surface area contributed by atoms with Gasteiger partial charge in [0, 0.05) is 31.2 Å². The van der Waals surface area contributed by atoms with E-state index in [1.165, 1.54) is 26.2 Å². The Bertz CT molecular complexity index is 1040. The summed E-state index contributed by atoms with van der Waals surface area (Å²) in [6.45, 7) is 3.65. The van der Waals surface area contributed by atoms with Crippen molar-refractivity contribution in [2.45, 2.75) is 13.8 Å². The summed E-state index contributed by atoms with van der Waals surface area (Å²) in [4.78, 5) is 49.7. The lowest BCUT2D eigenvalue weighted by molar-refractivity contribution is -0.134. The molecule has 1 aliphatic rings. The summed E-state index contributed by atoms with van der Waals surface area (Å²) < 4.78 is 1.84. The lowest BCUT2D eigenvalue weighted by atomic mass is 10.1. The summed E-state index contributed by atoms with van der Waals surface area (Å²) >= 11 is 0. The lowest BCUT2D eigenvalue weighted by Crippen LogP contribution is -2.52. The van der Waals surface area contributed by atoms with Crippen LogP contribution in [0.15, 0.2) is 35.9 Å². The average Bonchev–Trinajstić information content (AvgIpc) is 2.95. The summed E-state index contributed by atoms with van der Waals surface area (Å²) in [5.74, 6) is -2.35. The van der Waals surface area contributed by atoms with E-state index in [1.807, 2.05) is 18.4 Å². The Balaban J connectivity index is 2.10. The summed E-state index contributed by atoms with van der Waals surface area (Å²) in [5.41, 5.74) is 2.88. The summed E-state index contributed by atoms with van der Waals surface area (Å²) in [5, 5.41) is 9.22. The number of carbonyl (C=O) groups is 4. The molecule has 1 aliphatic heterocycles. The molecule has 8 nitrogen and oxygen atoms in total. The minimum absolute atomic E-state index is 0.107. The molecule has 0 spiro atoms. The first kappa shape index (κ1) is 19.1. The molecule has 0 aliphatic carbocycles. The third-order valence-electron chi connectivity index (χ3n) is 4.77. The molecule has 1 aromatic heterocycles. The van der Waals surface area contributed by atoms with Crippen LogP contribution in [-0.4, -0.2) is 57.4 Å². The second-order valence-electron chi connectivity index (χ2n) is 6.59. The monoisotopic (exact) mass is 381 g/mol. The number of carboxylic acid groups (broad SMARTS) is 1. The van der Waals surface area contributed by atoms with E-state index in [4.69, 9.17) is 0 Å². The van der Waals surface area contributed by atoms with E-state index in [0.717, 1.165) is 21.2 Å². The summed E-state index contributed by atoms with van der Waals surface area (Å²) in [6, 6.07) is 7.61. The van der Waals surface area contributed by atoms with Crippen molar-refractivity contribution in [1.29, 1.82) is 0 Å². The number of aromatic nitrogens is 1. The number of aryl methyl sites for hydroxylation is 1. The number of hydrogen-bond acceptors (Lipinski definition) is 4. The normalized spacial score (nSPS) is 14.7. The van der Waals surface area contributed by atoms with Crippen molar-refractivity contribution in [3.63, 3.8) is 0 Å². The molecule has 2 heterocycles. The molecule has 1 N–H and O–H groups in total. The molecule has 1 aromatic carbocycles. The van der Waals surface area contributed by atoms with Gasteiger partial charge in [-0.05, 0) is 49.8 Å². The second kappa shape index (κ2) is 6.80. The first-order valence-corrected chi connectivity index (χ1v) is 8.48. The van der Waals surface area contributed by atoms with Gasteiger partial charge in [0.1, 0.15) is 5.57 Å². The molecule has 8 heteroatoms. The Morgan fingerprint density at radius 1 is 1.00 bits per heavy atom. The molecule has 28 heavy (non-hydrogen) atoms. The number of barbiturate groups is 1. The number of aromatic carboxylic acids is 1. The van der Waals surface area contributed by atoms with Crippen LogP contribution < -0.4 is 0 Å². The molecule has 0 atom stereocenters. The van der Waals surface area contributed by atoms with Crippen LogP contribution in [0.3, 0.4) is 0 Å². The molecule has 0 bridgehead atoms. The van der Waals surface area contributed by atoms with E-state index in [2.05, 4.69) is 0 Å². The average molecular weight is 381 g/mol. The topological polar surface area (TPSA) is 99.9 Å². The number of urea groups is 1. The molecule has 1 saturated heterocycles. The largest absolute Gasteiger partial charge is 0.478 e. The fraction of sp³-hybridized carbons (Fsp3) is 0.200. The Labute approximate surface area is 161 Å².